The average molecular weight is 409 g/mol. The van der Waals surface area contributed by atoms with Gasteiger partial charge in [0, 0.05) is 25.3 Å². The van der Waals surface area contributed by atoms with Gasteiger partial charge in [-0.1, -0.05) is 66.2 Å². The van der Waals surface area contributed by atoms with Crippen molar-refractivity contribution in [3.63, 3.8) is 0 Å². The van der Waals surface area contributed by atoms with Gasteiger partial charge in [-0.25, -0.2) is 5.01 Å². The quantitative estimate of drug-likeness (QED) is 0.453. The molecular formula is C28H28N2O. The van der Waals surface area contributed by atoms with Crippen molar-refractivity contribution in [1.82, 2.24) is 5.01 Å². The monoisotopic (exact) mass is 408 g/mol. The number of carbonyl (C=O) groups is 1. The second kappa shape index (κ2) is 8.75. The highest BCUT2D eigenvalue weighted by Gasteiger charge is 2.31. The second-order valence-electron chi connectivity index (χ2n) is 8.50. The highest BCUT2D eigenvalue weighted by Crippen LogP contribution is 2.30. The van der Waals surface area contributed by atoms with E-state index in [9.17, 15) is 4.79 Å². The van der Waals surface area contributed by atoms with Crippen molar-refractivity contribution in [2.45, 2.75) is 46.6 Å². The third-order valence-electron chi connectivity index (χ3n) is 5.65. The highest BCUT2D eigenvalue weighted by atomic mass is 16.2. The number of aryl methyl sites for hydroxylation is 1. The number of carbonyl (C=O) groups excluding carboxylic acids is 1. The number of amides is 1. The summed E-state index contributed by atoms with van der Waals surface area (Å²) in [6.07, 6.45) is 1.45. The van der Waals surface area contributed by atoms with E-state index in [1.165, 1.54) is 16.3 Å². The molecule has 0 radical (unpaired) electrons. The number of nitrogens with zero attached hydrogens (tertiary/aromatic N) is 2. The molecule has 3 aromatic carbocycles. The topological polar surface area (TPSA) is 32.7 Å². The molecule has 0 N–H and O–H groups in total. The Morgan fingerprint density at radius 1 is 1.00 bits per heavy atom. The first-order chi connectivity index (χ1) is 14.9. The van der Waals surface area contributed by atoms with Crippen molar-refractivity contribution in [1.29, 1.82) is 0 Å². The lowest BCUT2D eigenvalue weighted by molar-refractivity contribution is -0.130. The lowest BCUT2D eigenvalue weighted by Gasteiger charge is -2.21. The normalized spacial score (nSPS) is 15.5. The van der Waals surface area contributed by atoms with E-state index in [1.807, 2.05) is 0 Å². The summed E-state index contributed by atoms with van der Waals surface area (Å²) in [6.45, 7) is 7.79. The average Bonchev–Trinajstić information content (AvgIpc) is 3.17. The van der Waals surface area contributed by atoms with Gasteiger partial charge in [0.2, 0.25) is 5.91 Å². The first kappa shape index (κ1) is 20.8. The van der Waals surface area contributed by atoms with E-state index in [1.54, 1.807) is 11.9 Å². The van der Waals surface area contributed by atoms with Crippen LogP contribution in [0.4, 0.5) is 0 Å². The summed E-state index contributed by atoms with van der Waals surface area (Å²) in [7, 11) is 0. The van der Waals surface area contributed by atoms with E-state index in [0.717, 1.165) is 34.4 Å². The SMILES string of the molecule is CC(=O)N1N=C(c2ccc(C)cc2)CC1CC(=C=C(C)C)c1ccc2ccccc2c1. The Labute approximate surface area is 184 Å². The maximum atomic E-state index is 12.4. The molecule has 3 aromatic rings. The number of fused-ring (bicyclic) bond motifs is 1. The van der Waals surface area contributed by atoms with E-state index < -0.39 is 0 Å². The van der Waals surface area contributed by atoms with Crippen molar-refractivity contribution in [3.8, 4) is 0 Å². The van der Waals surface area contributed by atoms with Gasteiger partial charge in [-0.15, -0.1) is 5.73 Å². The van der Waals surface area contributed by atoms with Crippen molar-refractivity contribution in [3.05, 3.63) is 94.7 Å². The minimum absolute atomic E-state index is 0.0119. The van der Waals surface area contributed by atoms with Crippen LogP contribution in [0.3, 0.4) is 0 Å². The van der Waals surface area contributed by atoms with Crippen LogP contribution in [0.5, 0.6) is 0 Å². The molecule has 1 amide bonds. The fraction of sp³-hybridized carbons (Fsp3) is 0.250. The molecule has 0 saturated carbocycles. The van der Waals surface area contributed by atoms with Gasteiger partial charge in [0.15, 0.2) is 0 Å². The van der Waals surface area contributed by atoms with E-state index in [0.29, 0.717) is 6.42 Å². The maximum Gasteiger partial charge on any atom is 0.239 e. The zero-order valence-electron chi connectivity index (χ0n) is 18.6. The Hall–Kier alpha value is -3.42. The molecule has 3 heteroatoms. The summed E-state index contributed by atoms with van der Waals surface area (Å²) in [5, 5.41) is 8.78. The number of benzene rings is 3. The Morgan fingerprint density at radius 3 is 2.39 bits per heavy atom. The molecule has 0 aliphatic carbocycles. The highest BCUT2D eigenvalue weighted by molar-refractivity contribution is 6.03. The molecule has 0 aromatic heterocycles. The summed E-state index contributed by atoms with van der Waals surface area (Å²) >= 11 is 0. The fourth-order valence-electron chi connectivity index (χ4n) is 4.13. The van der Waals surface area contributed by atoms with Crippen LogP contribution in [0.2, 0.25) is 0 Å². The van der Waals surface area contributed by atoms with Crippen molar-refractivity contribution in [2.24, 2.45) is 5.10 Å². The maximum absolute atomic E-state index is 12.4. The van der Waals surface area contributed by atoms with Crippen LogP contribution in [-0.4, -0.2) is 22.7 Å². The number of rotatable bonds is 4. The molecule has 1 aliphatic rings. The zero-order valence-corrected chi connectivity index (χ0v) is 18.6. The number of hydrazone groups is 1. The van der Waals surface area contributed by atoms with Crippen molar-refractivity contribution in [2.75, 3.05) is 0 Å². The number of hydrogen-bond acceptors (Lipinski definition) is 2. The smallest absolute Gasteiger partial charge is 0.239 e. The molecule has 1 aliphatic heterocycles. The molecule has 1 unspecified atom stereocenters. The van der Waals surface area contributed by atoms with Crippen LogP contribution in [-0.2, 0) is 4.79 Å². The molecule has 0 fully saturated rings. The first-order valence-electron chi connectivity index (χ1n) is 10.8. The predicted molar refractivity (Wildman–Crippen MR) is 129 cm³/mol. The van der Waals surface area contributed by atoms with Gasteiger partial charge in [-0.2, -0.15) is 5.10 Å². The van der Waals surface area contributed by atoms with Crippen LogP contribution < -0.4 is 0 Å². The third kappa shape index (κ3) is 4.68. The van der Waals surface area contributed by atoms with E-state index in [2.05, 4.69) is 93.2 Å². The summed E-state index contributed by atoms with van der Waals surface area (Å²) in [5.41, 5.74) is 10.2. The van der Waals surface area contributed by atoms with Gasteiger partial charge in [0.05, 0.1) is 11.8 Å². The molecule has 0 spiro atoms. The van der Waals surface area contributed by atoms with E-state index in [-0.39, 0.29) is 11.9 Å². The third-order valence-corrected chi connectivity index (χ3v) is 5.65. The van der Waals surface area contributed by atoms with Crippen LogP contribution in [0.15, 0.2) is 83.1 Å². The summed E-state index contributed by atoms with van der Waals surface area (Å²) in [6, 6.07) is 23.3. The van der Waals surface area contributed by atoms with Gasteiger partial charge in [0.25, 0.3) is 0 Å². The molecule has 0 saturated heterocycles. The molecular weight excluding hydrogens is 380 g/mol. The van der Waals surface area contributed by atoms with E-state index in [4.69, 9.17) is 5.10 Å². The molecule has 1 heterocycles. The largest absolute Gasteiger partial charge is 0.273 e. The van der Waals surface area contributed by atoms with Crippen molar-refractivity contribution < 1.29 is 4.79 Å². The van der Waals surface area contributed by atoms with Crippen LogP contribution in [0.25, 0.3) is 16.3 Å². The zero-order chi connectivity index (χ0) is 22.0. The number of hydrogen-bond donors (Lipinski definition) is 0. The lowest BCUT2D eigenvalue weighted by Crippen LogP contribution is -2.31. The molecule has 1 atom stereocenters. The van der Waals surface area contributed by atoms with Gasteiger partial charge in [0.1, 0.15) is 0 Å². The Morgan fingerprint density at radius 2 is 1.71 bits per heavy atom. The van der Waals surface area contributed by atoms with Crippen LogP contribution in [0.1, 0.15) is 50.3 Å². The molecule has 0 bridgehead atoms. The summed E-state index contributed by atoms with van der Waals surface area (Å²) < 4.78 is 0. The summed E-state index contributed by atoms with van der Waals surface area (Å²) in [5.74, 6) is -0.0258. The van der Waals surface area contributed by atoms with Gasteiger partial charge < -0.3 is 0 Å². The molecule has 3 nitrogen and oxygen atoms in total. The minimum Gasteiger partial charge on any atom is -0.273 e. The first-order valence-corrected chi connectivity index (χ1v) is 10.8. The molecule has 31 heavy (non-hydrogen) atoms. The second-order valence-corrected chi connectivity index (χ2v) is 8.50. The Balaban J connectivity index is 1.67. The molecule has 4 rings (SSSR count). The van der Waals surface area contributed by atoms with E-state index >= 15 is 0 Å². The minimum atomic E-state index is -0.0258. The standard InChI is InChI=1S/C28H28N2O/c1-19(2)15-26(25-14-13-22-7-5-6-8-24(22)16-25)17-27-18-28(29-30(27)21(4)31)23-11-9-20(3)10-12-23/h5-14,16,27H,17-18H2,1-4H3. The Kier molecular flexibility index (Phi) is 5.88. The predicted octanol–water partition coefficient (Wildman–Crippen LogP) is 6.51. The van der Waals surface area contributed by atoms with Crippen LogP contribution in [0, 0.1) is 6.92 Å². The van der Waals surface area contributed by atoms with Crippen LogP contribution >= 0.6 is 0 Å². The van der Waals surface area contributed by atoms with Gasteiger partial charge >= 0.3 is 0 Å². The van der Waals surface area contributed by atoms with Gasteiger partial charge in [-0.05, 0) is 54.3 Å². The lowest BCUT2D eigenvalue weighted by atomic mass is 9.93. The molecule has 156 valence electrons. The van der Waals surface area contributed by atoms with Gasteiger partial charge in [-0.3, -0.25) is 4.79 Å². The Bertz CT molecular complexity index is 1220. The van der Waals surface area contributed by atoms with Crippen molar-refractivity contribution >= 4 is 28.0 Å². The fourth-order valence-corrected chi connectivity index (χ4v) is 4.13. The summed E-state index contributed by atoms with van der Waals surface area (Å²) in [4.78, 5) is 12.4.